The Balaban J connectivity index is 1.97. The number of hydrogen-bond donors (Lipinski definition) is 2. The summed E-state index contributed by atoms with van der Waals surface area (Å²) in [6.45, 7) is 8.36. The normalized spacial score (nSPS) is 11.7. The Hall–Kier alpha value is -3.74. The number of nitrogens with two attached hydrogens (primary N) is 1. The van der Waals surface area contributed by atoms with Gasteiger partial charge in [0.05, 0.1) is 5.69 Å². The molecule has 0 atom stereocenters. The SMILES string of the molecule is Cc1ccc(-c2nc(C(N)=O)c3[nH]c(=O)n(-c4ccc(C(C)(C)C)cc4)c3n2)cc1. The summed E-state index contributed by atoms with van der Waals surface area (Å²) in [6, 6.07) is 15.3. The molecule has 0 unspecified atom stereocenters. The summed E-state index contributed by atoms with van der Waals surface area (Å²) in [4.78, 5) is 36.5. The molecule has 2 aromatic carbocycles. The first-order valence-electron chi connectivity index (χ1n) is 9.65. The summed E-state index contributed by atoms with van der Waals surface area (Å²) in [6.07, 6.45) is 0. The molecule has 3 N–H and O–H groups in total. The number of primary amides is 1. The van der Waals surface area contributed by atoms with E-state index in [1.807, 2.05) is 55.5 Å². The van der Waals surface area contributed by atoms with Crippen LogP contribution < -0.4 is 11.4 Å². The highest BCUT2D eigenvalue weighted by molar-refractivity contribution is 6.02. The molecule has 0 saturated carbocycles. The van der Waals surface area contributed by atoms with E-state index in [0.717, 1.165) is 16.7 Å². The predicted molar refractivity (Wildman–Crippen MR) is 117 cm³/mol. The number of rotatable bonds is 3. The summed E-state index contributed by atoms with van der Waals surface area (Å²) in [5, 5.41) is 0. The van der Waals surface area contributed by atoms with Crippen molar-refractivity contribution >= 4 is 17.1 Å². The van der Waals surface area contributed by atoms with Crippen molar-refractivity contribution in [2.24, 2.45) is 5.73 Å². The minimum absolute atomic E-state index is 0.0103. The maximum Gasteiger partial charge on any atom is 0.332 e. The summed E-state index contributed by atoms with van der Waals surface area (Å²) in [5.41, 5.74) is 9.26. The van der Waals surface area contributed by atoms with Gasteiger partial charge in [-0.25, -0.2) is 19.3 Å². The van der Waals surface area contributed by atoms with Crippen LogP contribution in [-0.4, -0.2) is 25.4 Å². The standard InChI is InChI=1S/C23H23N5O2/c1-13-5-7-14(8-6-13)20-25-17(19(24)29)18-21(27-20)28(22(30)26-18)16-11-9-15(10-12-16)23(2,3)4/h5-12H,1-4H3,(H2,24,29)(H,26,30). The van der Waals surface area contributed by atoms with Gasteiger partial charge in [-0.15, -0.1) is 0 Å². The first kappa shape index (κ1) is 19.6. The van der Waals surface area contributed by atoms with E-state index in [1.54, 1.807) is 0 Å². The fraction of sp³-hybridized carbons (Fsp3) is 0.217. The van der Waals surface area contributed by atoms with Gasteiger partial charge in [0.15, 0.2) is 17.2 Å². The third kappa shape index (κ3) is 3.39. The minimum Gasteiger partial charge on any atom is -0.364 e. The van der Waals surface area contributed by atoms with E-state index in [2.05, 4.69) is 35.7 Å². The zero-order chi connectivity index (χ0) is 21.6. The topological polar surface area (TPSA) is 107 Å². The van der Waals surface area contributed by atoms with Gasteiger partial charge in [-0.1, -0.05) is 62.7 Å². The van der Waals surface area contributed by atoms with Gasteiger partial charge in [0.2, 0.25) is 0 Å². The molecule has 4 rings (SSSR count). The molecule has 0 spiro atoms. The second-order valence-corrected chi connectivity index (χ2v) is 8.39. The van der Waals surface area contributed by atoms with Gasteiger partial charge in [0.1, 0.15) is 5.52 Å². The molecule has 0 radical (unpaired) electrons. The predicted octanol–water partition coefficient (Wildman–Crippen LogP) is 3.48. The van der Waals surface area contributed by atoms with E-state index >= 15 is 0 Å². The molecule has 7 nitrogen and oxygen atoms in total. The summed E-state index contributed by atoms with van der Waals surface area (Å²) in [5.74, 6) is -0.400. The van der Waals surface area contributed by atoms with Gasteiger partial charge >= 0.3 is 5.69 Å². The molecule has 2 aromatic heterocycles. The van der Waals surface area contributed by atoms with Crippen molar-refractivity contribution in [3.63, 3.8) is 0 Å². The van der Waals surface area contributed by atoms with Crippen molar-refractivity contribution in [2.75, 3.05) is 0 Å². The van der Waals surface area contributed by atoms with Gasteiger partial charge in [0, 0.05) is 5.56 Å². The number of aromatic amines is 1. The zero-order valence-electron chi connectivity index (χ0n) is 17.4. The zero-order valence-corrected chi connectivity index (χ0v) is 17.4. The average Bonchev–Trinajstić information content (AvgIpc) is 3.02. The second kappa shape index (κ2) is 6.95. The molecule has 1 amide bonds. The fourth-order valence-electron chi connectivity index (χ4n) is 3.34. The van der Waals surface area contributed by atoms with Crippen LogP contribution in [0.2, 0.25) is 0 Å². The Morgan fingerprint density at radius 3 is 2.20 bits per heavy atom. The van der Waals surface area contributed by atoms with Gasteiger partial charge in [-0.2, -0.15) is 0 Å². The molecule has 0 saturated heterocycles. The van der Waals surface area contributed by atoms with E-state index in [4.69, 9.17) is 5.73 Å². The molecule has 0 aliphatic heterocycles. The number of aryl methyl sites for hydroxylation is 1. The van der Waals surface area contributed by atoms with Crippen molar-refractivity contribution in [3.05, 3.63) is 75.8 Å². The van der Waals surface area contributed by atoms with E-state index in [9.17, 15) is 9.59 Å². The summed E-state index contributed by atoms with van der Waals surface area (Å²) < 4.78 is 1.44. The molecule has 30 heavy (non-hydrogen) atoms. The first-order valence-corrected chi connectivity index (χ1v) is 9.65. The molecule has 2 heterocycles. The van der Waals surface area contributed by atoms with Crippen LogP contribution in [0.5, 0.6) is 0 Å². The molecular weight excluding hydrogens is 378 g/mol. The fourth-order valence-corrected chi connectivity index (χ4v) is 3.34. The average molecular weight is 401 g/mol. The molecule has 152 valence electrons. The van der Waals surface area contributed by atoms with Crippen LogP contribution in [0.1, 0.15) is 42.4 Å². The van der Waals surface area contributed by atoms with Gasteiger partial charge in [0.25, 0.3) is 5.91 Å². The number of carbonyl (C=O) groups is 1. The molecule has 4 aromatic rings. The molecule has 0 aliphatic rings. The number of carbonyl (C=O) groups excluding carboxylic acids is 1. The van der Waals surface area contributed by atoms with Crippen LogP contribution in [0.4, 0.5) is 0 Å². The van der Waals surface area contributed by atoms with Crippen molar-refractivity contribution in [2.45, 2.75) is 33.1 Å². The van der Waals surface area contributed by atoms with Crippen molar-refractivity contribution < 1.29 is 4.79 Å². The number of amides is 1. The van der Waals surface area contributed by atoms with Crippen LogP contribution in [0.25, 0.3) is 28.2 Å². The lowest BCUT2D eigenvalue weighted by Gasteiger charge is -2.19. The Morgan fingerprint density at radius 2 is 1.63 bits per heavy atom. The lowest BCUT2D eigenvalue weighted by atomic mass is 9.87. The number of H-pyrrole nitrogens is 1. The van der Waals surface area contributed by atoms with E-state index in [1.165, 1.54) is 4.57 Å². The largest absolute Gasteiger partial charge is 0.364 e. The van der Waals surface area contributed by atoms with Crippen molar-refractivity contribution in [1.29, 1.82) is 0 Å². The van der Waals surface area contributed by atoms with Gasteiger partial charge in [-0.05, 0) is 30.0 Å². The minimum atomic E-state index is -0.729. The van der Waals surface area contributed by atoms with Crippen molar-refractivity contribution in [3.8, 4) is 17.1 Å². The Kier molecular flexibility index (Phi) is 4.53. The first-order chi connectivity index (χ1) is 14.1. The lowest BCUT2D eigenvalue weighted by Crippen LogP contribution is -2.16. The Morgan fingerprint density at radius 1 is 1.00 bits per heavy atom. The van der Waals surface area contributed by atoms with E-state index < -0.39 is 11.6 Å². The molecule has 0 bridgehead atoms. The second-order valence-electron chi connectivity index (χ2n) is 8.39. The molecule has 0 aliphatic carbocycles. The third-order valence-corrected chi connectivity index (χ3v) is 5.07. The van der Waals surface area contributed by atoms with Crippen LogP contribution in [-0.2, 0) is 5.41 Å². The summed E-state index contributed by atoms with van der Waals surface area (Å²) in [7, 11) is 0. The number of benzene rings is 2. The van der Waals surface area contributed by atoms with Gasteiger partial charge < -0.3 is 10.7 Å². The van der Waals surface area contributed by atoms with Crippen LogP contribution >= 0.6 is 0 Å². The maximum atomic E-state index is 12.8. The molecular formula is C23H23N5O2. The molecule has 7 heteroatoms. The van der Waals surface area contributed by atoms with E-state index in [0.29, 0.717) is 17.2 Å². The van der Waals surface area contributed by atoms with Crippen molar-refractivity contribution in [1.82, 2.24) is 19.5 Å². The van der Waals surface area contributed by atoms with Crippen LogP contribution in [0.15, 0.2) is 53.3 Å². The smallest absolute Gasteiger partial charge is 0.332 e. The van der Waals surface area contributed by atoms with Gasteiger partial charge in [-0.3, -0.25) is 4.79 Å². The third-order valence-electron chi connectivity index (χ3n) is 5.07. The number of imidazole rings is 1. The number of fused-ring (bicyclic) bond motifs is 1. The number of hydrogen-bond acceptors (Lipinski definition) is 4. The van der Waals surface area contributed by atoms with E-state index in [-0.39, 0.29) is 16.6 Å². The highest BCUT2D eigenvalue weighted by atomic mass is 16.2. The molecule has 0 fully saturated rings. The number of nitrogens with zero attached hydrogens (tertiary/aromatic N) is 3. The highest BCUT2D eigenvalue weighted by Crippen LogP contribution is 2.25. The number of nitrogens with one attached hydrogen (secondary N) is 1. The lowest BCUT2D eigenvalue weighted by molar-refractivity contribution is 0.0997. The number of aromatic nitrogens is 4. The summed E-state index contributed by atoms with van der Waals surface area (Å²) >= 11 is 0. The monoisotopic (exact) mass is 401 g/mol. The van der Waals surface area contributed by atoms with Crippen LogP contribution in [0, 0.1) is 6.92 Å². The quantitative estimate of drug-likeness (QED) is 0.548. The maximum absolute atomic E-state index is 12.8. The Labute approximate surface area is 173 Å². The Bertz CT molecular complexity index is 1310. The highest BCUT2D eigenvalue weighted by Gasteiger charge is 2.21. The van der Waals surface area contributed by atoms with Crippen LogP contribution in [0.3, 0.4) is 0 Å².